The summed E-state index contributed by atoms with van der Waals surface area (Å²) in [5, 5.41) is 10.3. The molecule has 0 amide bonds. The van der Waals surface area contributed by atoms with E-state index in [1.165, 1.54) is 0 Å². The van der Waals surface area contributed by atoms with E-state index in [9.17, 15) is 9.90 Å². The Bertz CT molecular complexity index is 163. The van der Waals surface area contributed by atoms with Crippen molar-refractivity contribution in [1.82, 2.24) is 0 Å². The van der Waals surface area contributed by atoms with Crippen LogP contribution in [0.4, 0.5) is 0 Å². The van der Waals surface area contributed by atoms with Crippen molar-refractivity contribution in [3.8, 4) is 0 Å². The molecule has 0 aromatic heterocycles. The van der Waals surface area contributed by atoms with Gasteiger partial charge in [0, 0.05) is 0 Å². The molecule has 11 heavy (non-hydrogen) atoms. The number of allylic oxidation sites excluding steroid dienone is 1. The largest absolute Gasteiger partial charge is 1.00 e. The topological polar surface area (TPSA) is 40.1 Å². The molecule has 0 aliphatic heterocycles. The molecule has 0 N–H and O–H groups in total. The number of aliphatic carboxylic acids is 1. The van der Waals surface area contributed by atoms with Crippen molar-refractivity contribution in [2.45, 2.75) is 32.1 Å². The number of carbonyl (C=O) groups excluding carboxylic acids is 1. The Morgan fingerprint density at radius 1 is 1.36 bits per heavy atom. The standard InChI is InChI=1S/C8H12O2.Tl/c9-8(10)7-5-3-1-2-4-6-7;/h5H,1-4,6H2,(H,9,10);/q;+1/p-1. The van der Waals surface area contributed by atoms with E-state index < -0.39 is 5.97 Å². The molecule has 0 unspecified atom stereocenters. The second-order valence-corrected chi connectivity index (χ2v) is 2.62. The van der Waals surface area contributed by atoms with Gasteiger partial charge in [0.25, 0.3) is 0 Å². The summed E-state index contributed by atoms with van der Waals surface area (Å²) in [5.41, 5.74) is 0.498. The average Bonchev–Trinajstić information content (AvgIpc) is 2.12. The van der Waals surface area contributed by atoms with Crippen molar-refractivity contribution >= 4 is 33.3 Å². The van der Waals surface area contributed by atoms with Crippen LogP contribution in [-0.4, -0.2) is 33.3 Å². The van der Waals surface area contributed by atoms with E-state index >= 15 is 0 Å². The molecule has 0 heterocycles. The molecular weight excluding hydrogens is 332 g/mol. The Morgan fingerprint density at radius 2 is 2.09 bits per heavy atom. The van der Waals surface area contributed by atoms with Gasteiger partial charge in [0.2, 0.25) is 0 Å². The molecule has 58 valence electrons. The third-order valence-corrected chi connectivity index (χ3v) is 1.80. The van der Waals surface area contributed by atoms with Crippen LogP contribution in [0.5, 0.6) is 0 Å². The maximum Gasteiger partial charge on any atom is 1.00 e. The van der Waals surface area contributed by atoms with Crippen molar-refractivity contribution in [2.24, 2.45) is 0 Å². The molecule has 0 spiro atoms. The minimum absolute atomic E-state index is 0. The summed E-state index contributed by atoms with van der Waals surface area (Å²) in [5.74, 6) is -0.984. The average molecular weight is 344 g/mol. The van der Waals surface area contributed by atoms with Crippen molar-refractivity contribution in [3.05, 3.63) is 11.6 Å². The zero-order valence-electron chi connectivity index (χ0n) is 6.51. The maximum absolute atomic E-state index is 10.3. The van der Waals surface area contributed by atoms with Crippen LogP contribution < -0.4 is 5.11 Å². The first kappa shape index (κ1) is 11.1. The van der Waals surface area contributed by atoms with E-state index in [1.54, 1.807) is 6.08 Å². The zero-order valence-corrected chi connectivity index (χ0v) is 11.0. The van der Waals surface area contributed by atoms with Gasteiger partial charge in [-0.25, -0.2) is 0 Å². The minimum Gasteiger partial charge on any atom is -0.545 e. The summed E-state index contributed by atoms with van der Waals surface area (Å²) in [7, 11) is 0. The van der Waals surface area contributed by atoms with Gasteiger partial charge in [-0.2, -0.15) is 0 Å². The van der Waals surface area contributed by atoms with E-state index in [1.807, 2.05) is 0 Å². The predicted octanol–water partition coefficient (Wildman–Crippen LogP) is 0.246. The molecule has 0 saturated carbocycles. The van der Waals surface area contributed by atoms with Gasteiger partial charge in [0.1, 0.15) is 0 Å². The Balaban J connectivity index is 0.000001000. The molecule has 1 aliphatic carbocycles. The number of hydrogen-bond donors (Lipinski definition) is 0. The summed E-state index contributed by atoms with van der Waals surface area (Å²) >= 11 is 0. The summed E-state index contributed by atoms with van der Waals surface area (Å²) in [6, 6.07) is 0. The van der Waals surface area contributed by atoms with Gasteiger partial charge in [-0.1, -0.05) is 12.5 Å². The fourth-order valence-electron chi connectivity index (χ4n) is 1.20. The molecule has 0 fully saturated rings. The van der Waals surface area contributed by atoms with Crippen LogP contribution in [0.15, 0.2) is 11.6 Å². The SMILES string of the molecule is O=C([O-])C1=CCCCCC1.[Tl+]. The number of hydrogen-bond acceptors (Lipinski definition) is 2. The van der Waals surface area contributed by atoms with E-state index in [2.05, 4.69) is 0 Å². The van der Waals surface area contributed by atoms with Gasteiger partial charge in [-0.05, 0) is 31.3 Å². The van der Waals surface area contributed by atoms with Gasteiger partial charge < -0.3 is 9.90 Å². The van der Waals surface area contributed by atoms with Gasteiger partial charge in [-0.15, -0.1) is 0 Å². The van der Waals surface area contributed by atoms with Crippen LogP contribution in [-0.2, 0) is 4.79 Å². The fourth-order valence-corrected chi connectivity index (χ4v) is 1.20. The van der Waals surface area contributed by atoms with Crippen LogP contribution in [0.2, 0.25) is 0 Å². The van der Waals surface area contributed by atoms with Crippen LogP contribution in [0.25, 0.3) is 0 Å². The number of carbonyl (C=O) groups is 1. The predicted molar refractivity (Wildman–Crippen MR) is 41.9 cm³/mol. The van der Waals surface area contributed by atoms with Crippen LogP contribution in [0.1, 0.15) is 32.1 Å². The summed E-state index contributed by atoms with van der Waals surface area (Å²) < 4.78 is 0. The monoisotopic (exact) mass is 344 g/mol. The Hall–Kier alpha value is 0.132. The molecular formula is C8H11O2Tl. The second kappa shape index (κ2) is 5.74. The molecule has 2 nitrogen and oxygen atoms in total. The molecule has 1 aliphatic rings. The molecule has 0 atom stereocenters. The van der Waals surface area contributed by atoms with Crippen molar-refractivity contribution in [2.75, 3.05) is 0 Å². The van der Waals surface area contributed by atoms with E-state index in [4.69, 9.17) is 0 Å². The number of rotatable bonds is 1. The van der Waals surface area contributed by atoms with Crippen LogP contribution in [0, 0.1) is 0 Å². The van der Waals surface area contributed by atoms with Gasteiger partial charge >= 0.3 is 27.3 Å². The van der Waals surface area contributed by atoms with Crippen LogP contribution in [0.3, 0.4) is 0 Å². The van der Waals surface area contributed by atoms with Crippen LogP contribution >= 0.6 is 0 Å². The van der Waals surface area contributed by atoms with Crippen molar-refractivity contribution in [3.63, 3.8) is 0 Å². The van der Waals surface area contributed by atoms with Crippen molar-refractivity contribution in [1.29, 1.82) is 0 Å². The Morgan fingerprint density at radius 3 is 2.73 bits per heavy atom. The van der Waals surface area contributed by atoms with Gasteiger partial charge in [0.05, 0.1) is 5.97 Å². The fraction of sp³-hybridized carbons (Fsp3) is 0.625. The first-order valence-corrected chi connectivity index (χ1v) is 3.71. The number of carboxylic acids is 1. The summed E-state index contributed by atoms with van der Waals surface area (Å²) in [6.07, 6.45) is 6.66. The normalized spacial score (nSPS) is 17.6. The molecule has 3 heteroatoms. The molecule has 0 bridgehead atoms. The van der Waals surface area contributed by atoms with E-state index in [0.717, 1.165) is 25.7 Å². The zero-order chi connectivity index (χ0) is 7.40. The third kappa shape index (κ3) is 3.89. The molecule has 0 aromatic rings. The Labute approximate surface area is 86.8 Å². The summed E-state index contributed by atoms with van der Waals surface area (Å²) in [6.45, 7) is 0. The quantitative estimate of drug-likeness (QED) is 0.640. The first-order valence-electron chi connectivity index (χ1n) is 3.71. The molecule has 0 aromatic carbocycles. The van der Waals surface area contributed by atoms with E-state index in [0.29, 0.717) is 12.0 Å². The maximum atomic E-state index is 10.3. The van der Waals surface area contributed by atoms with Gasteiger partial charge in [-0.3, -0.25) is 0 Å². The van der Waals surface area contributed by atoms with E-state index in [-0.39, 0.29) is 27.3 Å². The summed E-state index contributed by atoms with van der Waals surface area (Å²) in [4.78, 5) is 10.3. The molecule has 1 rings (SSSR count). The smallest absolute Gasteiger partial charge is 0.545 e. The first-order chi connectivity index (χ1) is 4.80. The van der Waals surface area contributed by atoms with Gasteiger partial charge in [0.15, 0.2) is 0 Å². The Kier molecular flexibility index (Phi) is 5.81. The molecule has 0 radical (unpaired) electrons. The molecule has 0 saturated heterocycles. The second-order valence-electron chi connectivity index (χ2n) is 2.62. The third-order valence-electron chi connectivity index (χ3n) is 1.80. The number of carboxylic acid groups (broad SMARTS) is 1. The minimum atomic E-state index is -0.984. The van der Waals surface area contributed by atoms with Crippen molar-refractivity contribution < 1.29 is 9.90 Å².